The molecule has 0 bridgehead atoms. The number of likely N-dealkylation sites (tertiary alicyclic amines) is 1. The van der Waals surface area contributed by atoms with Crippen molar-refractivity contribution in [2.75, 3.05) is 6.54 Å². The summed E-state index contributed by atoms with van der Waals surface area (Å²) in [6.45, 7) is 1.94. The Bertz CT molecular complexity index is 522. The average Bonchev–Trinajstić information content (AvgIpc) is 2.96. The fourth-order valence-electron chi connectivity index (χ4n) is 4.11. The number of benzene rings is 1. The largest absolute Gasteiger partial charge is 0.393 e. The van der Waals surface area contributed by atoms with Gasteiger partial charge in [-0.05, 0) is 43.9 Å². The molecule has 112 valence electrons. The van der Waals surface area contributed by atoms with Crippen molar-refractivity contribution in [3.63, 3.8) is 0 Å². The molecule has 1 aliphatic heterocycles. The van der Waals surface area contributed by atoms with E-state index in [0.717, 1.165) is 37.1 Å². The SMILES string of the molecule is N#Cc1ccccc1CN1CCCC1C1CCCCC1O. The topological polar surface area (TPSA) is 47.3 Å². The Balaban J connectivity index is 1.74. The second-order valence-electron chi connectivity index (χ2n) is 6.46. The third-order valence-electron chi connectivity index (χ3n) is 5.20. The number of hydrogen-bond donors (Lipinski definition) is 1. The van der Waals surface area contributed by atoms with Crippen molar-refractivity contribution in [2.45, 2.75) is 57.2 Å². The summed E-state index contributed by atoms with van der Waals surface area (Å²) < 4.78 is 0. The van der Waals surface area contributed by atoms with E-state index in [1.165, 1.54) is 25.7 Å². The lowest BCUT2D eigenvalue weighted by Gasteiger charge is -2.37. The van der Waals surface area contributed by atoms with E-state index in [4.69, 9.17) is 0 Å². The van der Waals surface area contributed by atoms with Gasteiger partial charge in [-0.1, -0.05) is 31.0 Å². The first-order valence-electron chi connectivity index (χ1n) is 8.19. The molecule has 1 heterocycles. The lowest BCUT2D eigenvalue weighted by molar-refractivity contribution is 0.0201. The zero-order chi connectivity index (χ0) is 14.7. The van der Waals surface area contributed by atoms with Crippen molar-refractivity contribution in [2.24, 2.45) is 5.92 Å². The van der Waals surface area contributed by atoms with Crippen LogP contribution in [0.1, 0.15) is 49.7 Å². The van der Waals surface area contributed by atoms with Crippen LogP contribution in [0.2, 0.25) is 0 Å². The van der Waals surface area contributed by atoms with E-state index in [0.29, 0.717) is 12.0 Å². The maximum atomic E-state index is 10.3. The molecule has 21 heavy (non-hydrogen) atoms. The van der Waals surface area contributed by atoms with Crippen molar-refractivity contribution in [1.82, 2.24) is 4.90 Å². The fourth-order valence-corrected chi connectivity index (χ4v) is 4.11. The molecule has 1 aromatic rings. The summed E-state index contributed by atoms with van der Waals surface area (Å²) in [7, 11) is 0. The second kappa shape index (κ2) is 6.60. The van der Waals surface area contributed by atoms with E-state index < -0.39 is 0 Å². The molecule has 2 aliphatic rings. The summed E-state index contributed by atoms with van der Waals surface area (Å²) in [6.07, 6.45) is 6.81. The van der Waals surface area contributed by atoms with Gasteiger partial charge < -0.3 is 5.11 Å². The predicted octanol–water partition coefficient (Wildman–Crippen LogP) is 3.07. The minimum atomic E-state index is -0.129. The van der Waals surface area contributed by atoms with Crippen LogP contribution in [0.5, 0.6) is 0 Å². The monoisotopic (exact) mass is 284 g/mol. The van der Waals surface area contributed by atoms with E-state index in [-0.39, 0.29) is 6.10 Å². The molecular formula is C18H24N2O. The van der Waals surface area contributed by atoms with Gasteiger partial charge in [0.05, 0.1) is 17.7 Å². The van der Waals surface area contributed by atoms with Gasteiger partial charge in [0.25, 0.3) is 0 Å². The van der Waals surface area contributed by atoms with Crippen molar-refractivity contribution in [3.05, 3.63) is 35.4 Å². The molecule has 0 aromatic heterocycles. The maximum absolute atomic E-state index is 10.3. The van der Waals surface area contributed by atoms with E-state index in [1.807, 2.05) is 18.2 Å². The molecule has 0 amide bonds. The Morgan fingerprint density at radius 1 is 1.14 bits per heavy atom. The van der Waals surface area contributed by atoms with Crippen molar-refractivity contribution < 1.29 is 5.11 Å². The van der Waals surface area contributed by atoms with Crippen LogP contribution in [-0.2, 0) is 6.54 Å². The first kappa shape index (κ1) is 14.6. The predicted molar refractivity (Wildman–Crippen MR) is 82.6 cm³/mol. The molecular weight excluding hydrogens is 260 g/mol. The van der Waals surface area contributed by atoms with Crippen LogP contribution in [0.4, 0.5) is 0 Å². The lowest BCUT2D eigenvalue weighted by atomic mass is 9.80. The Kier molecular flexibility index (Phi) is 4.57. The van der Waals surface area contributed by atoms with Gasteiger partial charge >= 0.3 is 0 Å². The Labute approximate surface area is 127 Å². The molecule has 0 spiro atoms. The highest BCUT2D eigenvalue weighted by Gasteiger charge is 2.36. The minimum Gasteiger partial charge on any atom is -0.393 e. The summed E-state index contributed by atoms with van der Waals surface area (Å²) in [6, 6.07) is 10.7. The maximum Gasteiger partial charge on any atom is 0.0995 e. The normalized spacial score (nSPS) is 30.2. The van der Waals surface area contributed by atoms with Crippen molar-refractivity contribution in [3.8, 4) is 6.07 Å². The second-order valence-corrected chi connectivity index (χ2v) is 6.46. The van der Waals surface area contributed by atoms with Gasteiger partial charge in [-0.3, -0.25) is 4.90 Å². The fraction of sp³-hybridized carbons (Fsp3) is 0.611. The van der Waals surface area contributed by atoms with Gasteiger partial charge in [0.1, 0.15) is 0 Å². The first-order valence-corrected chi connectivity index (χ1v) is 8.19. The first-order chi connectivity index (χ1) is 10.3. The van der Waals surface area contributed by atoms with Gasteiger partial charge in [-0.15, -0.1) is 0 Å². The molecule has 3 unspecified atom stereocenters. The van der Waals surface area contributed by atoms with Gasteiger partial charge in [0.2, 0.25) is 0 Å². The van der Waals surface area contributed by atoms with Crippen molar-refractivity contribution >= 4 is 0 Å². The molecule has 2 fully saturated rings. The van der Waals surface area contributed by atoms with Gasteiger partial charge in [-0.25, -0.2) is 0 Å². The zero-order valence-corrected chi connectivity index (χ0v) is 12.5. The van der Waals surface area contributed by atoms with Crippen LogP contribution in [0.15, 0.2) is 24.3 Å². The molecule has 1 saturated heterocycles. The Hall–Kier alpha value is -1.37. The Morgan fingerprint density at radius 3 is 2.76 bits per heavy atom. The number of aliphatic hydroxyl groups is 1. The number of rotatable bonds is 3. The van der Waals surface area contributed by atoms with Crippen LogP contribution >= 0.6 is 0 Å². The molecule has 3 nitrogen and oxygen atoms in total. The van der Waals surface area contributed by atoms with Crippen LogP contribution in [-0.4, -0.2) is 28.7 Å². The summed E-state index contributed by atoms with van der Waals surface area (Å²) in [5, 5.41) is 19.6. The molecule has 1 aromatic carbocycles. The molecule has 1 N–H and O–H groups in total. The summed E-state index contributed by atoms with van der Waals surface area (Å²) in [5.41, 5.74) is 1.91. The summed E-state index contributed by atoms with van der Waals surface area (Å²) in [4.78, 5) is 2.50. The number of aliphatic hydroxyl groups excluding tert-OH is 1. The van der Waals surface area contributed by atoms with E-state index in [1.54, 1.807) is 0 Å². The average molecular weight is 284 g/mol. The quantitative estimate of drug-likeness (QED) is 0.928. The highest BCUT2D eigenvalue weighted by molar-refractivity contribution is 5.37. The molecule has 0 radical (unpaired) electrons. The Morgan fingerprint density at radius 2 is 1.95 bits per heavy atom. The van der Waals surface area contributed by atoms with E-state index >= 15 is 0 Å². The third kappa shape index (κ3) is 3.12. The third-order valence-corrected chi connectivity index (χ3v) is 5.20. The van der Waals surface area contributed by atoms with Gasteiger partial charge in [-0.2, -0.15) is 5.26 Å². The van der Waals surface area contributed by atoms with Crippen LogP contribution < -0.4 is 0 Å². The van der Waals surface area contributed by atoms with Crippen LogP contribution in [0.3, 0.4) is 0 Å². The molecule has 3 atom stereocenters. The number of nitrogens with zero attached hydrogens (tertiary/aromatic N) is 2. The standard InChI is InChI=1S/C18H24N2O/c19-12-14-6-1-2-7-15(14)13-20-11-5-9-17(20)16-8-3-4-10-18(16)21/h1-2,6-7,16-18,21H,3-5,8-11,13H2. The molecule has 1 saturated carbocycles. The van der Waals surface area contributed by atoms with E-state index in [2.05, 4.69) is 17.0 Å². The summed E-state index contributed by atoms with van der Waals surface area (Å²) >= 11 is 0. The van der Waals surface area contributed by atoms with Crippen LogP contribution in [0, 0.1) is 17.2 Å². The van der Waals surface area contributed by atoms with Crippen LogP contribution in [0.25, 0.3) is 0 Å². The summed E-state index contributed by atoms with van der Waals surface area (Å²) in [5.74, 6) is 0.426. The van der Waals surface area contributed by atoms with Gasteiger partial charge in [0, 0.05) is 18.5 Å². The number of nitriles is 1. The van der Waals surface area contributed by atoms with Crippen molar-refractivity contribution in [1.29, 1.82) is 5.26 Å². The smallest absolute Gasteiger partial charge is 0.0995 e. The molecule has 1 aliphatic carbocycles. The number of hydrogen-bond acceptors (Lipinski definition) is 3. The lowest BCUT2D eigenvalue weighted by Crippen LogP contribution is -2.42. The molecule has 3 heteroatoms. The highest BCUT2D eigenvalue weighted by atomic mass is 16.3. The minimum absolute atomic E-state index is 0.129. The highest BCUT2D eigenvalue weighted by Crippen LogP contribution is 2.35. The van der Waals surface area contributed by atoms with Gasteiger partial charge in [0.15, 0.2) is 0 Å². The van der Waals surface area contributed by atoms with E-state index in [9.17, 15) is 10.4 Å². The zero-order valence-electron chi connectivity index (χ0n) is 12.5. The molecule has 3 rings (SSSR count).